The van der Waals surface area contributed by atoms with E-state index in [-0.39, 0.29) is 6.79 Å². The number of aliphatic hydroxyl groups excluding tert-OH is 1. The number of ether oxygens (including phenoxy) is 3. The maximum absolute atomic E-state index is 10.4. The molecule has 0 radical (unpaired) electrons. The number of rotatable bonds is 4. The van der Waals surface area contributed by atoms with Crippen LogP contribution < -0.4 is 14.2 Å². The van der Waals surface area contributed by atoms with Gasteiger partial charge in [-0.25, -0.2) is 0 Å². The summed E-state index contributed by atoms with van der Waals surface area (Å²) in [4.78, 5) is 0. The van der Waals surface area contributed by atoms with Crippen molar-refractivity contribution in [3.8, 4) is 17.2 Å². The average Bonchev–Trinajstić information content (AvgIpc) is 2.94. The Kier molecular flexibility index (Phi) is 4.03. The number of benzene rings is 2. The van der Waals surface area contributed by atoms with Crippen molar-refractivity contribution < 1.29 is 19.3 Å². The maximum atomic E-state index is 10.4. The Bertz CT molecular complexity index is 657. The first-order valence-corrected chi connectivity index (χ1v) is 7.36. The molecule has 1 N–H and O–H groups in total. The molecule has 2 aromatic carbocycles. The van der Waals surface area contributed by atoms with Crippen molar-refractivity contribution in [3.63, 3.8) is 0 Å². The molecule has 0 saturated carbocycles. The molecule has 4 nitrogen and oxygen atoms in total. The summed E-state index contributed by atoms with van der Waals surface area (Å²) in [5, 5.41) is 10.4. The Morgan fingerprint density at radius 2 is 2.14 bits per heavy atom. The van der Waals surface area contributed by atoms with Crippen LogP contribution in [0.1, 0.15) is 17.2 Å². The Morgan fingerprint density at radius 1 is 1.29 bits per heavy atom. The van der Waals surface area contributed by atoms with Gasteiger partial charge in [0.15, 0.2) is 11.5 Å². The van der Waals surface area contributed by atoms with Gasteiger partial charge in [-0.05, 0) is 35.4 Å². The van der Waals surface area contributed by atoms with Crippen molar-refractivity contribution in [2.45, 2.75) is 12.5 Å². The first-order chi connectivity index (χ1) is 10.2. The van der Waals surface area contributed by atoms with Gasteiger partial charge in [-0.15, -0.1) is 0 Å². The van der Waals surface area contributed by atoms with E-state index in [0.29, 0.717) is 23.7 Å². The van der Waals surface area contributed by atoms with Gasteiger partial charge in [0.1, 0.15) is 0 Å². The fourth-order valence-corrected chi connectivity index (χ4v) is 2.79. The monoisotopic (exact) mass is 350 g/mol. The molecule has 3 rings (SSSR count). The van der Waals surface area contributed by atoms with E-state index in [2.05, 4.69) is 15.9 Å². The molecular formula is C16H15BrO4. The van der Waals surface area contributed by atoms with Crippen LogP contribution in [0.15, 0.2) is 40.9 Å². The standard InChI is InChI=1S/C16H15BrO4/c1-19-14-7-11(8-15-16(14)21-9-20-15)13(18)6-10-3-2-4-12(17)5-10/h2-5,7-8,13,18H,6,9H2,1H3. The number of halogens is 1. The second-order valence-corrected chi connectivity index (χ2v) is 5.72. The summed E-state index contributed by atoms with van der Waals surface area (Å²) in [6, 6.07) is 11.5. The van der Waals surface area contributed by atoms with Crippen LogP contribution in [0.5, 0.6) is 17.2 Å². The summed E-state index contributed by atoms with van der Waals surface area (Å²) in [6.07, 6.45) is -0.120. The predicted octanol–water partition coefficient (Wildman–Crippen LogP) is 3.46. The fourth-order valence-electron chi connectivity index (χ4n) is 2.35. The molecule has 1 atom stereocenters. The summed E-state index contributed by atoms with van der Waals surface area (Å²) in [7, 11) is 1.57. The van der Waals surface area contributed by atoms with Gasteiger partial charge in [0.2, 0.25) is 12.5 Å². The Hall–Kier alpha value is -1.72. The molecule has 5 heteroatoms. The lowest BCUT2D eigenvalue weighted by Gasteiger charge is -2.14. The molecule has 1 heterocycles. The zero-order chi connectivity index (χ0) is 14.8. The lowest BCUT2D eigenvalue weighted by atomic mass is 10.0. The second kappa shape index (κ2) is 5.95. The van der Waals surface area contributed by atoms with Crippen LogP contribution in [0.25, 0.3) is 0 Å². The van der Waals surface area contributed by atoms with E-state index >= 15 is 0 Å². The van der Waals surface area contributed by atoms with Crippen molar-refractivity contribution >= 4 is 15.9 Å². The number of fused-ring (bicyclic) bond motifs is 1. The Labute approximate surface area is 131 Å². The number of methoxy groups -OCH3 is 1. The minimum atomic E-state index is -0.636. The Balaban J connectivity index is 1.86. The van der Waals surface area contributed by atoms with Crippen LogP contribution >= 0.6 is 15.9 Å². The molecule has 0 bridgehead atoms. The van der Waals surface area contributed by atoms with E-state index in [1.54, 1.807) is 19.2 Å². The predicted molar refractivity (Wildman–Crippen MR) is 81.9 cm³/mol. The quantitative estimate of drug-likeness (QED) is 0.917. The van der Waals surface area contributed by atoms with Crippen LogP contribution in [-0.2, 0) is 6.42 Å². The van der Waals surface area contributed by atoms with Gasteiger partial charge < -0.3 is 19.3 Å². The minimum absolute atomic E-state index is 0.177. The van der Waals surface area contributed by atoms with Crippen LogP contribution in [0.2, 0.25) is 0 Å². The molecule has 1 aliphatic rings. The number of hydrogen-bond donors (Lipinski definition) is 1. The first kappa shape index (κ1) is 14.2. The molecule has 0 fully saturated rings. The highest BCUT2D eigenvalue weighted by Crippen LogP contribution is 2.43. The van der Waals surface area contributed by atoms with Crippen LogP contribution in [0.4, 0.5) is 0 Å². The third-order valence-electron chi connectivity index (χ3n) is 3.38. The molecule has 0 saturated heterocycles. The molecule has 0 aliphatic carbocycles. The third kappa shape index (κ3) is 2.99. The van der Waals surface area contributed by atoms with Crippen LogP contribution in [0, 0.1) is 0 Å². The highest BCUT2D eigenvalue weighted by molar-refractivity contribution is 9.10. The van der Waals surface area contributed by atoms with E-state index in [9.17, 15) is 5.11 Å². The minimum Gasteiger partial charge on any atom is -0.493 e. The Morgan fingerprint density at radius 3 is 2.90 bits per heavy atom. The molecular weight excluding hydrogens is 336 g/mol. The largest absolute Gasteiger partial charge is 0.493 e. The molecule has 1 aliphatic heterocycles. The molecule has 21 heavy (non-hydrogen) atoms. The van der Waals surface area contributed by atoms with E-state index in [1.165, 1.54) is 0 Å². The molecule has 0 aromatic heterocycles. The highest BCUT2D eigenvalue weighted by Gasteiger charge is 2.22. The zero-order valence-corrected chi connectivity index (χ0v) is 13.1. The topological polar surface area (TPSA) is 47.9 Å². The van der Waals surface area contributed by atoms with Crippen molar-refractivity contribution in [2.24, 2.45) is 0 Å². The molecule has 1 unspecified atom stereocenters. The van der Waals surface area contributed by atoms with Crippen LogP contribution in [-0.4, -0.2) is 19.0 Å². The van der Waals surface area contributed by atoms with E-state index in [0.717, 1.165) is 15.6 Å². The van der Waals surface area contributed by atoms with Gasteiger partial charge in [-0.2, -0.15) is 0 Å². The zero-order valence-electron chi connectivity index (χ0n) is 11.5. The van der Waals surface area contributed by atoms with E-state index < -0.39 is 6.10 Å². The summed E-state index contributed by atoms with van der Waals surface area (Å²) in [5.74, 6) is 1.78. The van der Waals surface area contributed by atoms with Gasteiger partial charge in [0.05, 0.1) is 13.2 Å². The lowest BCUT2D eigenvalue weighted by molar-refractivity contribution is 0.170. The summed E-state index contributed by atoms with van der Waals surface area (Å²) in [5.41, 5.74) is 1.80. The van der Waals surface area contributed by atoms with Gasteiger partial charge in [0.25, 0.3) is 0 Å². The van der Waals surface area contributed by atoms with E-state index in [4.69, 9.17) is 14.2 Å². The fraction of sp³-hybridized carbons (Fsp3) is 0.250. The summed E-state index contributed by atoms with van der Waals surface area (Å²) in [6.45, 7) is 0.177. The highest BCUT2D eigenvalue weighted by atomic mass is 79.9. The van der Waals surface area contributed by atoms with Gasteiger partial charge in [-0.1, -0.05) is 28.1 Å². The smallest absolute Gasteiger partial charge is 0.231 e. The van der Waals surface area contributed by atoms with E-state index in [1.807, 2.05) is 24.3 Å². The average molecular weight is 351 g/mol. The summed E-state index contributed by atoms with van der Waals surface area (Å²) >= 11 is 3.43. The summed E-state index contributed by atoms with van der Waals surface area (Å²) < 4.78 is 17.0. The van der Waals surface area contributed by atoms with Crippen molar-refractivity contribution in [1.29, 1.82) is 0 Å². The SMILES string of the molecule is COc1cc(C(O)Cc2cccc(Br)c2)cc2c1OCO2. The maximum Gasteiger partial charge on any atom is 0.231 e. The van der Waals surface area contributed by atoms with Gasteiger partial charge >= 0.3 is 0 Å². The van der Waals surface area contributed by atoms with Crippen LogP contribution in [0.3, 0.4) is 0 Å². The number of aliphatic hydroxyl groups is 1. The lowest BCUT2D eigenvalue weighted by Crippen LogP contribution is -2.02. The first-order valence-electron chi connectivity index (χ1n) is 6.57. The number of hydrogen-bond acceptors (Lipinski definition) is 4. The molecule has 110 valence electrons. The van der Waals surface area contributed by atoms with Gasteiger partial charge in [-0.3, -0.25) is 0 Å². The molecule has 0 amide bonds. The second-order valence-electron chi connectivity index (χ2n) is 4.81. The molecule has 0 spiro atoms. The normalized spacial score (nSPS) is 14.0. The van der Waals surface area contributed by atoms with Crippen molar-refractivity contribution in [2.75, 3.05) is 13.9 Å². The van der Waals surface area contributed by atoms with Crippen molar-refractivity contribution in [1.82, 2.24) is 0 Å². The molecule has 2 aromatic rings. The van der Waals surface area contributed by atoms with Gasteiger partial charge in [0, 0.05) is 10.9 Å². The van der Waals surface area contributed by atoms with Crippen molar-refractivity contribution in [3.05, 3.63) is 52.0 Å². The third-order valence-corrected chi connectivity index (χ3v) is 3.88.